The second kappa shape index (κ2) is 8.71. The third kappa shape index (κ3) is 4.25. The Labute approximate surface area is 179 Å². The van der Waals surface area contributed by atoms with E-state index in [1.807, 2.05) is 48.5 Å². The lowest BCUT2D eigenvalue weighted by molar-refractivity contribution is -0.120. The first-order valence-corrected chi connectivity index (χ1v) is 9.71. The molecule has 0 radical (unpaired) electrons. The molecule has 2 amide bonds. The number of anilines is 2. The number of nitrogens with zero attached hydrogens (tertiary/aromatic N) is 1. The lowest BCUT2D eigenvalue weighted by Gasteiger charge is -2.12. The van der Waals surface area contributed by atoms with Crippen molar-refractivity contribution in [3.63, 3.8) is 0 Å². The largest absolute Gasteiger partial charge is 0.495 e. The van der Waals surface area contributed by atoms with Gasteiger partial charge in [0.1, 0.15) is 11.5 Å². The van der Waals surface area contributed by atoms with Gasteiger partial charge in [-0.25, -0.2) is 0 Å². The number of benzene rings is 3. The zero-order chi connectivity index (χ0) is 21.8. The Hall–Kier alpha value is -4.13. The molecule has 0 unspecified atom stereocenters. The van der Waals surface area contributed by atoms with Gasteiger partial charge >= 0.3 is 0 Å². The summed E-state index contributed by atoms with van der Waals surface area (Å²) in [4.78, 5) is 29.1. The minimum Gasteiger partial charge on any atom is -0.495 e. The van der Waals surface area contributed by atoms with E-state index in [4.69, 9.17) is 9.57 Å². The van der Waals surface area contributed by atoms with Crippen LogP contribution in [0.5, 0.6) is 5.75 Å². The number of fused-ring (bicyclic) bond motifs is 3. The molecule has 4 rings (SSSR count). The number of carbonyl (C=O) groups is 2. The van der Waals surface area contributed by atoms with Crippen molar-refractivity contribution >= 4 is 28.9 Å². The second-order valence-corrected chi connectivity index (χ2v) is 6.95. The van der Waals surface area contributed by atoms with Crippen LogP contribution in [0.2, 0.25) is 0 Å². The second-order valence-electron chi connectivity index (χ2n) is 6.95. The number of methoxy groups -OCH3 is 1. The van der Waals surface area contributed by atoms with E-state index in [2.05, 4.69) is 15.8 Å². The quantitative estimate of drug-likeness (QED) is 0.465. The van der Waals surface area contributed by atoms with Gasteiger partial charge < -0.3 is 20.2 Å². The van der Waals surface area contributed by atoms with Gasteiger partial charge in [-0.1, -0.05) is 53.7 Å². The molecule has 0 atom stereocenters. The van der Waals surface area contributed by atoms with E-state index in [1.165, 1.54) is 14.0 Å². The number of hydrogen-bond acceptors (Lipinski definition) is 5. The summed E-state index contributed by atoms with van der Waals surface area (Å²) in [6.07, 6.45) is 0. The number of hydrogen-bond donors (Lipinski definition) is 2. The number of oxime groups is 1. The van der Waals surface area contributed by atoms with Crippen molar-refractivity contribution in [2.24, 2.45) is 5.16 Å². The van der Waals surface area contributed by atoms with Crippen LogP contribution < -0.4 is 15.4 Å². The molecule has 0 heterocycles. The minimum absolute atomic E-state index is 0.210. The topological polar surface area (TPSA) is 89.0 Å². The van der Waals surface area contributed by atoms with E-state index in [0.29, 0.717) is 22.8 Å². The molecule has 7 heteroatoms. The average molecular weight is 415 g/mol. The normalized spacial score (nSPS) is 11.2. The van der Waals surface area contributed by atoms with Crippen LogP contribution in [-0.4, -0.2) is 31.2 Å². The van der Waals surface area contributed by atoms with Gasteiger partial charge in [-0.05, 0) is 29.3 Å². The number of amides is 2. The molecule has 0 saturated heterocycles. The SMILES string of the molecule is COc1ccc(NC(C)=O)cc1NC(=O)CON=C1c2ccccc2-c2ccccc21. The third-order valence-electron chi connectivity index (χ3n) is 4.80. The first kappa shape index (κ1) is 20.2. The van der Waals surface area contributed by atoms with Gasteiger partial charge in [-0.3, -0.25) is 9.59 Å². The highest BCUT2D eigenvalue weighted by molar-refractivity contribution is 6.24. The van der Waals surface area contributed by atoms with Crippen LogP contribution in [0.25, 0.3) is 11.1 Å². The highest BCUT2D eigenvalue weighted by Gasteiger charge is 2.24. The fourth-order valence-corrected chi connectivity index (χ4v) is 3.52. The lowest BCUT2D eigenvalue weighted by atomic mass is 10.1. The Morgan fingerprint density at radius 3 is 2.06 bits per heavy atom. The Kier molecular flexibility index (Phi) is 5.66. The van der Waals surface area contributed by atoms with Crippen molar-refractivity contribution < 1.29 is 19.2 Å². The highest BCUT2D eigenvalue weighted by atomic mass is 16.6. The number of rotatable bonds is 6. The van der Waals surface area contributed by atoms with E-state index in [1.54, 1.807) is 18.2 Å². The third-order valence-corrected chi connectivity index (χ3v) is 4.80. The lowest BCUT2D eigenvalue weighted by Crippen LogP contribution is -2.18. The van der Waals surface area contributed by atoms with Crippen LogP contribution in [0, 0.1) is 0 Å². The van der Waals surface area contributed by atoms with Gasteiger partial charge in [0.05, 0.1) is 12.8 Å². The number of carbonyl (C=O) groups excluding carboxylic acids is 2. The van der Waals surface area contributed by atoms with Gasteiger partial charge in [0.25, 0.3) is 5.91 Å². The fraction of sp³-hybridized carbons (Fsp3) is 0.125. The number of nitrogens with one attached hydrogen (secondary N) is 2. The first-order valence-electron chi connectivity index (χ1n) is 9.71. The monoisotopic (exact) mass is 415 g/mol. The van der Waals surface area contributed by atoms with Gasteiger partial charge in [-0.15, -0.1) is 0 Å². The molecule has 156 valence electrons. The average Bonchev–Trinajstić information content (AvgIpc) is 3.08. The summed E-state index contributed by atoms with van der Waals surface area (Å²) in [5.41, 5.74) is 5.77. The molecule has 0 aromatic heterocycles. The standard InChI is InChI=1S/C24H21N3O4/c1-15(28)25-16-11-12-22(30-2)21(13-16)26-23(29)14-31-27-24-19-9-5-3-7-17(19)18-8-4-6-10-20(18)24/h3-13H,14H2,1-2H3,(H,25,28)(H,26,29). The molecule has 1 aliphatic carbocycles. The van der Waals surface area contributed by atoms with Gasteiger partial charge in [-0.2, -0.15) is 0 Å². The Bertz CT molecular complexity index is 1140. The van der Waals surface area contributed by atoms with Crippen molar-refractivity contribution in [2.45, 2.75) is 6.92 Å². The molecule has 3 aromatic rings. The summed E-state index contributed by atoms with van der Waals surface area (Å²) < 4.78 is 5.27. The molecule has 7 nitrogen and oxygen atoms in total. The molecule has 0 bridgehead atoms. The van der Waals surface area contributed by atoms with Gasteiger partial charge in [0.15, 0.2) is 6.61 Å². The Balaban J connectivity index is 1.48. The summed E-state index contributed by atoms with van der Waals surface area (Å²) in [5, 5.41) is 9.65. The zero-order valence-corrected chi connectivity index (χ0v) is 17.1. The molecule has 0 aliphatic heterocycles. The smallest absolute Gasteiger partial charge is 0.265 e. The zero-order valence-electron chi connectivity index (χ0n) is 17.1. The van der Waals surface area contributed by atoms with Crippen LogP contribution in [0.4, 0.5) is 11.4 Å². The van der Waals surface area contributed by atoms with Crippen LogP contribution >= 0.6 is 0 Å². The first-order chi connectivity index (χ1) is 15.1. The predicted molar refractivity (Wildman–Crippen MR) is 119 cm³/mol. The van der Waals surface area contributed by atoms with E-state index >= 15 is 0 Å². The van der Waals surface area contributed by atoms with Gasteiger partial charge in [0.2, 0.25) is 5.91 Å². The molecular weight excluding hydrogens is 394 g/mol. The summed E-state index contributed by atoms with van der Waals surface area (Å²) in [6.45, 7) is 1.14. The molecule has 1 aliphatic rings. The molecule has 0 spiro atoms. The predicted octanol–water partition coefficient (Wildman–Crippen LogP) is 4.04. The van der Waals surface area contributed by atoms with Crippen molar-refractivity contribution in [2.75, 3.05) is 24.4 Å². The molecular formula is C24H21N3O4. The Morgan fingerprint density at radius 1 is 0.871 bits per heavy atom. The van der Waals surface area contributed by atoms with Crippen LogP contribution in [0.1, 0.15) is 18.1 Å². The van der Waals surface area contributed by atoms with Crippen molar-refractivity contribution in [1.82, 2.24) is 0 Å². The van der Waals surface area contributed by atoms with Gasteiger partial charge in [0, 0.05) is 23.7 Å². The summed E-state index contributed by atoms with van der Waals surface area (Å²) in [7, 11) is 1.50. The summed E-state index contributed by atoms with van der Waals surface area (Å²) in [5.74, 6) is -0.145. The van der Waals surface area contributed by atoms with E-state index in [0.717, 1.165) is 22.3 Å². The summed E-state index contributed by atoms with van der Waals surface area (Å²) >= 11 is 0. The van der Waals surface area contributed by atoms with Crippen LogP contribution in [0.15, 0.2) is 71.9 Å². The van der Waals surface area contributed by atoms with Crippen molar-refractivity contribution in [1.29, 1.82) is 0 Å². The van der Waals surface area contributed by atoms with Crippen molar-refractivity contribution in [3.05, 3.63) is 77.9 Å². The molecule has 0 saturated carbocycles. The highest BCUT2D eigenvalue weighted by Crippen LogP contribution is 2.36. The van der Waals surface area contributed by atoms with E-state index in [-0.39, 0.29) is 12.5 Å². The maximum atomic E-state index is 12.4. The molecule has 31 heavy (non-hydrogen) atoms. The van der Waals surface area contributed by atoms with E-state index in [9.17, 15) is 9.59 Å². The Morgan fingerprint density at radius 2 is 1.48 bits per heavy atom. The number of ether oxygens (including phenoxy) is 1. The fourth-order valence-electron chi connectivity index (χ4n) is 3.52. The van der Waals surface area contributed by atoms with E-state index < -0.39 is 5.91 Å². The van der Waals surface area contributed by atoms with Crippen LogP contribution in [-0.2, 0) is 14.4 Å². The molecule has 3 aromatic carbocycles. The van der Waals surface area contributed by atoms with Crippen LogP contribution in [0.3, 0.4) is 0 Å². The maximum absolute atomic E-state index is 12.4. The minimum atomic E-state index is -0.401. The van der Waals surface area contributed by atoms with Crippen molar-refractivity contribution in [3.8, 4) is 16.9 Å². The molecule has 0 fully saturated rings. The maximum Gasteiger partial charge on any atom is 0.265 e. The molecule has 2 N–H and O–H groups in total. The summed E-state index contributed by atoms with van der Waals surface area (Å²) in [6, 6.07) is 20.9.